The molecule has 1 heterocycles. The Hall–Kier alpha value is -2.65. The average molecular weight is 476 g/mol. The molecule has 0 fully saturated rings. The van der Waals surface area contributed by atoms with E-state index in [1.165, 1.54) is 4.90 Å². The number of thioether (sulfide) groups is 1. The zero-order valence-electron chi connectivity index (χ0n) is 15.6. The molecule has 7 nitrogen and oxygen atoms in total. The van der Waals surface area contributed by atoms with Gasteiger partial charge in [0.25, 0.3) is 5.22 Å². The van der Waals surface area contributed by atoms with E-state index in [0.29, 0.717) is 11.6 Å². The second-order valence-corrected chi connectivity index (χ2v) is 7.54. The van der Waals surface area contributed by atoms with Crippen molar-refractivity contribution in [3.05, 3.63) is 59.1 Å². The summed E-state index contributed by atoms with van der Waals surface area (Å²) in [5.74, 6) is -0.344. The lowest BCUT2D eigenvalue weighted by Crippen LogP contribution is -2.37. The van der Waals surface area contributed by atoms with Crippen molar-refractivity contribution in [2.45, 2.75) is 12.1 Å². The highest BCUT2D eigenvalue weighted by Crippen LogP contribution is 2.29. The number of hydrogen-bond acceptors (Lipinski definition) is 7. The number of aromatic nitrogens is 2. The van der Waals surface area contributed by atoms with Crippen molar-refractivity contribution in [3.63, 3.8) is 0 Å². The number of rotatable bonds is 8. The fourth-order valence-corrected chi connectivity index (χ4v) is 3.57. The number of hydrogen-bond donors (Lipinski definition) is 0. The molecule has 0 atom stereocenters. The smallest absolute Gasteiger partial charge is 0.326 e. The van der Waals surface area contributed by atoms with E-state index in [-0.39, 0.29) is 30.0 Å². The zero-order valence-corrected chi connectivity index (χ0v) is 18.0. The fraction of sp³-hybridized carbons (Fsp3) is 0.200. The van der Waals surface area contributed by atoms with Crippen LogP contribution in [-0.2, 0) is 14.3 Å². The molecule has 0 aliphatic rings. The van der Waals surface area contributed by atoms with Crippen molar-refractivity contribution in [3.8, 4) is 11.5 Å². The second kappa shape index (κ2) is 10.2. The van der Waals surface area contributed by atoms with Gasteiger partial charge in [-0.15, -0.1) is 10.2 Å². The first-order valence-electron chi connectivity index (χ1n) is 8.80. The number of benzene rings is 2. The van der Waals surface area contributed by atoms with Gasteiger partial charge in [0.15, 0.2) is 0 Å². The molecule has 0 N–H and O–H groups in total. The van der Waals surface area contributed by atoms with Gasteiger partial charge < -0.3 is 14.1 Å². The third-order valence-electron chi connectivity index (χ3n) is 3.79. The molecule has 2 aromatic carbocycles. The molecule has 0 saturated heterocycles. The topological polar surface area (TPSA) is 85.5 Å². The number of amides is 1. The predicted octanol–water partition coefficient (Wildman–Crippen LogP) is 4.19. The van der Waals surface area contributed by atoms with E-state index in [1.807, 2.05) is 30.3 Å². The quantitative estimate of drug-likeness (QED) is 0.356. The molecule has 150 valence electrons. The summed E-state index contributed by atoms with van der Waals surface area (Å²) < 4.78 is 11.5. The number of esters is 1. The summed E-state index contributed by atoms with van der Waals surface area (Å²) in [6.07, 6.45) is 0. The summed E-state index contributed by atoms with van der Waals surface area (Å²) in [7, 11) is 0. The molecule has 1 amide bonds. The van der Waals surface area contributed by atoms with Crippen molar-refractivity contribution >= 4 is 45.3 Å². The third kappa shape index (κ3) is 5.68. The van der Waals surface area contributed by atoms with Crippen LogP contribution in [0.25, 0.3) is 11.5 Å². The van der Waals surface area contributed by atoms with Crippen LogP contribution in [0.15, 0.2) is 68.7 Å². The van der Waals surface area contributed by atoms with Crippen LogP contribution in [0.3, 0.4) is 0 Å². The Balaban J connectivity index is 1.69. The molecule has 9 heteroatoms. The number of anilines is 1. The summed E-state index contributed by atoms with van der Waals surface area (Å²) in [6, 6.07) is 16.5. The first kappa shape index (κ1) is 21.1. The molecule has 0 aliphatic carbocycles. The Morgan fingerprint density at radius 1 is 1.10 bits per heavy atom. The molecular formula is C20H18BrN3O4S. The highest BCUT2D eigenvalue weighted by atomic mass is 79.9. The van der Waals surface area contributed by atoms with Gasteiger partial charge in [-0.3, -0.25) is 9.59 Å². The van der Waals surface area contributed by atoms with Crippen molar-refractivity contribution in [2.24, 2.45) is 0 Å². The molecule has 0 radical (unpaired) electrons. The monoisotopic (exact) mass is 475 g/mol. The third-order valence-corrected chi connectivity index (χ3v) is 5.29. The highest BCUT2D eigenvalue weighted by Gasteiger charge is 2.21. The van der Waals surface area contributed by atoms with Crippen LogP contribution in [0, 0.1) is 0 Å². The van der Waals surface area contributed by atoms with Crippen LogP contribution in [0.4, 0.5) is 5.69 Å². The first-order valence-corrected chi connectivity index (χ1v) is 10.6. The van der Waals surface area contributed by atoms with Crippen LogP contribution in [0.5, 0.6) is 0 Å². The molecule has 29 heavy (non-hydrogen) atoms. The number of carbonyl (C=O) groups is 2. The average Bonchev–Trinajstić information content (AvgIpc) is 3.20. The lowest BCUT2D eigenvalue weighted by atomic mass is 10.2. The standard InChI is InChI=1S/C20H18BrN3O4S/c1-2-27-18(26)12-24(14-8-4-3-5-9-14)17(25)13-29-20-23-22-19(28-20)15-10-6-7-11-16(15)21/h3-11H,2,12-13H2,1H3. The van der Waals surface area contributed by atoms with E-state index < -0.39 is 5.97 Å². The minimum atomic E-state index is -0.469. The minimum absolute atomic E-state index is 0.0336. The second-order valence-electron chi connectivity index (χ2n) is 5.76. The molecule has 1 aromatic heterocycles. The van der Waals surface area contributed by atoms with Crippen LogP contribution < -0.4 is 4.90 Å². The zero-order chi connectivity index (χ0) is 20.6. The van der Waals surface area contributed by atoms with E-state index in [9.17, 15) is 9.59 Å². The summed E-state index contributed by atoms with van der Waals surface area (Å²) in [6.45, 7) is 1.81. The Labute approximate surface area is 180 Å². The molecule has 0 spiro atoms. The van der Waals surface area contributed by atoms with Crippen molar-refractivity contribution < 1.29 is 18.7 Å². The van der Waals surface area contributed by atoms with Crippen molar-refractivity contribution in [2.75, 3.05) is 23.8 Å². The molecular weight excluding hydrogens is 458 g/mol. The van der Waals surface area contributed by atoms with E-state index in [2.05, 4.69) is 26.1 Å². The number of halogens is 1. The largest absolute Gasteiger partial charge is 0.465 e. The lowest BCUT2D eigenvalue weighted by molar-refractivity contribution is -0.142. The van der Waals surface area contributed by atoms with E-state index in [1.54, 1.807) is 31.2 Å². The van der Waals surface area contributed by atoms with Gasteiger partial charge in [0.2, 0.25) is 11.8 Å². The Morgan fingerprint density at radius 3 is 2.55 bits per heavy atom. The van der Waals surface area contributed by atoms with E-state index in [0.717, 1.165) is 21.8 Å². The molecule has 0 saturated carbocycles. The Kier molecular flexibility index (Phi) is 7.42. The first-order chi connectivity index (χ1) is 14.1. The molecule has 3 rings (SSSR count). The van der Waals surface area contributed by atoms with Gasteiger partial charge in [-0.05, 0) is 47.1 Å². The minimum Gasteiger partial charge on any atom is -0.465 e. The number of nitrogens with zero attached hydrogens (tertiary/aromatic N) is 3. The van der Waals surface area contributed by atoms with E-state index in [4.69, 9.17) is 9.15 Å². The molecule has 0 bridgehead atoms. The van der Waals surface area contributed by atoms with Gasteiger partial charge in [0.1, 0.15) is 6.54 Å². The van der Waals surface area contributed by atoms with Gasteiger partial charge >= 0.3 is 5.97 Å². The van der Waals surface area contributed by atoms with E-state index >= 15 is 0 Å². The number of carbonyl (C=O) groups excluding carboxylic acids is 2. The summed E-state index contributed by atoms with van der Waals surface area (Å²) in [5.41, 5.74) is 1.39. The van der Waals surface area contributed by atoms with Gasteiger partial charge in [-0.25, -0.2) is 0 Å². The van der Waals surface area contributed by atoms with Gasteiger partial charge in [0.05, 0.1) is 17.9 Å². The molecule has 0 unspecified atom stereocenters. The summed E-state index contributed by atoms with van der Waals surface area (Å²) in [4.78, 5) is 26.1. The maximum absolute atomic E-state index is 12.8. The highest BCUT2D eigenvalue weighted by molar-refractivity contribution is 9.10. The van der Waals surface area contributed by atoms with Crippen molar-refractivity contribution in [1.29, 1.82) is 0 Å². The van der Waals surface area contributed by atoms with Crippen LogP contribution in [-0.4, -0.2) is 41.0 Å². The van der Waals surface area contributed by atoms with Crippen LogP contribution in [0.2, 0.25) is 0 Å². The Bertz CT molecular complexity index is 981. The molecule has 0 aliphatic heterocycles. The Morgan fingerprint density at radius 2 is 1.83 bits per heavy atom. The van der Waals surface area contributed by atoms with Crippen LogP contribution in [0.1, 0.15) is 6.92 Å². The SMILES string of the molecule is CCOC(=O)CN(C(=O)CSc1nnc(-c2ccccc2Br)o1)c1ccccc1. The van der Waals surface area contributed by atoms with Crippen LogP contribution >= 0.6 is 27.7 Å². The predicted molar refractivity (Wildman–Crippen MR) is 114 cm³/mol. The number of ether oxygens (including phenoxy) is 1. The maximum Gasteiger partial charge on any atom is 0.326 e. The summed E-state index contributed by atoms with van der Waals surface area (Å²) in [5, 5.41) is 8.30. The maximum atomic E-state index is 12.8. The fourth-order valence-electron chi connectivity index (χ4n) is 2.48. The van der Waals surface area contributed by atoms with Gasteiger partial charge in [-0.1, -0.05) is 42.1 Å². The summed E-state index contributed by atoms with van der Waals surface area (Å²) >= 11 is 4.56. The van der Waals surface area contributed by atoms with Gasteiger partial charge in [0, 0.05) is 10.2 Å². The van der Waals surface area contributed by atoms with Gasteiger partial charge in [-0.2, -0.15) is 0 Å². The normalized spacial score (nSPS) is 10.6. The lowest BCUT2D eigenvalue weighted by Gasteiger charge is -2.21. The molecule has 3 aromatic rings. The van der Waals surface area contributed by atoms with Crippen molar-refractivity contribution in [1.82, 2.24) is 10.2 Å². The number of para-hydroxylation sites is 1.